The molecule has 1 fully saturated rings. The molecule has 0 bridgehead atoms. The number of hydrogen-bond acceptors (Lipinski definition) is 5. The first-order valence-electron chi connectivity index (χ1n) is 8.98. The average molecular weight is 614 g/mol. The number of rotatable bonds is 4. The lowest BCUT2D eigenvalue weighted by Gasteiger charge is -2.34. The molecule has 5 nitrogen and oxygen atoms in total. The largest absolute Gasteiger partial charge is 0.345 e. The van der Waals surface area contributed by atoms with E-state index in [-0.39, 0.29) is 17.6 Å². The molecule has 0 radical (unpaired) electrons. The zero-order chi connectivity index (χ0) is 22.3. The van der Waals surface area contributed by atoms with E-state index >= 15 is 0 Å². The van der Waals surface area contributed by atoms with Gasteiger partial charge >= 0.3 is 0 Å². The van der Waals surface area contributed by atoms with E-state index in [0.29, 0.717) is 18.1 Å². The van der Waals surface area contributed by atoms with Crippen LogP contribution in [0.1, 0.15) is 0 Å². The quantitative estimate of drug-likeness (QED) is 0.351. The zero-order valence-corrected chi connectivity index (χ0v) is 21.2. The van der Waals surface area contributed by atoms with E-state index in [9.17, 15) is 17.2 Å². The van der Waals surface area contributed by atoms with Crippen LogP contribution >= 0.6 is 54.8 Å². The molecule has 0 N–H and O–H groups in total. The second kappa shape index (κ2) is 9.03. The summed E-state index contributed by atoms with van der Waals surface area (Å²) in [6, 6.07) is 8.24. The first-order chi connectivity index (χ1) is 14.7. The maximum Gasteiger partial charge on any atom is 0.247 e. The van der Waals surface area contributed by atoms with Gasteiger partial charge < -0.3 is 4.90 Å². The average Bonchev–Trinajstić information content (AvgIpc) is 3.23. The first kappa shape index (κ1) is 23.1. The van der Waals surface area contributed by atoms with Crippen molar-refractivity contribution in [2.45, 2.75) is 4.90 Å². The Balaban J connectivity index is 1.51. The number of nitrogens with zero attached hydrogens (tertiary/aromatic N) is 3. The highest BCUT2D eigenvalue weighted by Crippen LogP contribution is 2.35. The molecule has 164 valence electrons. The van der Waals surface area contributed by atoms with Crippen LogP contribution in [-0.4, -0.2) is 43.9 Å². The molecule has 0 amide bonds. The molecule has 31 heavy (non-hydrogen) atoms. The van der Waals surface area contributed by atoms with E-state index < -0.39 is 31.0 Å². The second-order valence-electron chi connectivity index (χ2n) is 6.71. The van der Waals surface area contributed by atoms with Crippen LogP contribution in [0.2, 0.25) is 5.02 Å². The lowest BCUT2D eigenvalue weighted by molar-refractivity contribution is 0.381. The van der Waals surface area contributed by atoms with Crippen molar-refractivity contribution in [3.05, 3.63) is 61.3 Å². The minimum absolute atomic E-state index is 0.123. The SMILES string of the molecule is O=S(=O)(c1c(F)c(Br)cc(F)c1Br)N1CCN(c2nc(-c3ccc(Cl)cc3)cs2)CC1. The molecule has 2 heterocycles. The van der Waals surface area contributed by atoms with Crippen molar-refractivity contribution in [2.75, 3.05) is 31.1 Å². The van der Waals surface area contributed by atoms with Crippen LogP contribution in [0.4, 0.5) is 13.9 Å². The Kier molecular flexibility index (Phi) is 6.72. The standard InChI is InChI=1S/C19H14Br2ClF2N3O2S2/c20-13-9-14(23)16(21)18(17(13)24)31(28,29)27-7-5-26(6-8-27)19-25-15(10-30-19)11-1-3-12(22)4-2-11/h1-4,9-10H,5-8H2. The number of sulfonamides is 1. The number of thiazole rings is 1. The Hall–Kier alpha value is -1.11. The van der Waals surface area contributed by atoms with Crippen molar-refractivity contribution in [3.63, 3.8) is 0 Å². The van der Waals surface area contributed by atoms with Gasteiger partial charge in [0.15, 0.2) is 10.9 Å². The molecule has 2 aromatic carbocycles. The fraction of sp³-hybridized carbons (Fsp3) is 0.211. The number of piperazine rings is 1. The smallest absolute Gasteiger partial charge is 0.247 e. The van der Waals surface area contributed by atoms with E-state index in [1.165, 1.54) is 11.3 Å². The van der Waals surface area contributed by atoms with Crippen LogP contribution in [-0.2, 0) is 10.0 Å². The van der Waals surface area contributed by atoms with Crippen molar-refractivity contribution in [1.29, 1.82) is 0 Å². The minimum atomic E-state index is -4.23. The molecule has 0 unspecified atom stereocenters. The fourth-order valence-corrected chi connectivity index (χ4v) is 7.20. The monoisotopic (exact) mass is 611 g/mol. The Morgan fingerprint density at radius 1 is 1.06 bits per heavy atom. The van der Waals surface area contributed by atoms with E-state index in [1.54, 1.807) is 12.1 Å². The minimum Gasteiger partial charge on any atom is -0.345 e. The molecule has 0 spiro atoms. The summed E-state index contributed by atoms with van der Waals surface area (Å²) < 4.78 is 55.1. The van der Waals surface area contributed by atoms with Crippen LogP contribution in [0.3, 0.4) is 0 Å². The highest BCUT2D eigenvalue weighted by Gasteiger charge is 2.35. The van der Waals surface area contributed by atoms with Gasteiger partial charge in [-0.25, -0.2) is 22.2 Å². The van der Waals surface area contributed by atoms with Gasteiger partial charge in [-0.2, -0.15) is 4.31 Å². The topological polar surface area (TPSA) is 53.5 Å². The third-order valence-electron chi connectivity index (χ3n) is 4.81. The molecule has 4 rings (SSSR count). The lowest BCUT2D eigenvalue weighted by Crippen LogP contribution is -2.48. The van der Waals surface area contributed by atoms with Crippen molar-refractivity contribution < 1.29 is 17.2 Å². The number of halogens is 5. The molecule has 12 heteroatoms. The maximum atomic E-state index is 14.5. The molecule has 1 aliphatic heterocycles. The Morgan fingerprint density at radius 3 is 2.35 bits per heavy atom. The highest BCUT2D eigenvalue weighted by molar-refractivity contribution is 9.11. The number of aromatic nitrogens is 1. The summed E-state index contributed by atoms with van der Waals surface area (Å²) in [6.45, 7) is 1.00. The summed E-state index contributed by atoms with van der Waals surface area (Å²) in [4.78, 5) is 5.91. The molecular formula is C19H14Br2ClF2N3O2S2. The molecule has 1 aliphatic rings. The van der Waals surface area contributed by atoms with Gasteiger partial charge in [0.2, 0.25) is 10.0 Å². The van der Waals surface area contributed by atoms with Gasteiger partial charge in [0, 0.05) is 42.1 Å². The van der Waals surface area contributed by atoms with Gasteiger partial charge in [0.25, 0.3) is 0 Å². The van der Waals surface area contributed by atoms with E-state index in [0.717, 1.165) is 26.8 Å². The third kappa shape index (κ3) is 4.53. The predicted octanol–water partition coefficient (Wildman–Crippen LogP) is 5.78. The molecule has 1 aromatic heterocycles. The van der Waals surface area contributed by atoms with Crippen LogP contribution in [0, 0.1) is 11.6 Å². The molecule has 0 saturated carbocycles. The van der Waals surface area contributed by atoms with E-state index in [4.69, 9.17) is 11.6 Å². The van der Waals surface area contributed by atoms with Gasteiger partial charge in [-0.15, -0.1) is 11.3 Å². The summed E-state index contributed by atoms with van der Waals surface area (Å²) >= 11 is 13.1. The van der Waals surface area contributed by atoms with Crippen molar-refractivity contribution in [2.24, 2.45) is 0 Å². The van der Waals surface area contributed by atoms with Crippen LogP contribution < -0.4 is 4.90 Å². The molecular weight excluding hydrogens is 600 g/mol. The summed E-state index contributed by atoms with van der Waals surface area (Å²) in [5, 5.41) is 3.34. The number of benzene rings is 2. The van der Waals surface area contributed by atoms with Gasteiger partial charge in [-0.05, 0) is 50.1 Å². The van der Waals surface area contributed by atoms with Gasteiger partial charge in [-0.3, -0.25) is 0 Å². The Bertz CT molecular complexity index is 1210. The lowest BCUT2D eigenvalue weighted by atomic mass is 10.2. The van der Waals surface area contributed by atoms with Crippen LogP contribution in [0.5, 0.6) is 0 Å². The van der Waals surface area contributed by atoms with Crippen molar-refractivity contribution >= 4 is 70.0 Å². The normalized spacial score (nSPS) is 15.5. The maximum absolute atomic E-state index is 14.5. The Labute approximate surface area is 204 Å². The van der Waals surface area contributed by atoms with Crippen molar-refractivity contribution in [1.82, 2.24) is 9.29 Å². The van der Waals surface area contributed by atoms with E-state index in [1.807, 2.05) is 22.4 Å². The summed E-state index contributed by atoms with van der Waals surface area (Å²) in [6.07, 6.45) is 0. The Morgan fingerprint density at radius 2 is 1.71 bits per heavy atom. The fourth-order valence-electron chi connectivity index (χ4n) is 3.19. The van der Waals surface area contributed by atoms with Gasteiger partial charge in [-0.1, -0.05) is 23.7 Å². The van der Waals surface area contributed by atoms with Crippen molar-refractivity contribution in [3.8, 4) is 11.3 Å². The number of anilines is 1. The first-order valence-corrected chi connectivity index (χ1v) is 13.3. The van der Waals surface area contributed by atoms with Crippen LogP contribution in [0.15, 0.2) is 49.6 Å². The highest BCUT2D eigenvalue weighted by atomic mass is 79.9. The molecule has 0 atom stereocenters. The van der Waals surface area contributed by atoms with Crippen LogP contribution in [0.25, 0.3) is 11.3 Å². The number of hydrogen-bond donors (Lipinski definition) is 0. The van der Waals surface area contributed by atoms with Gasteiger partial charge in [0.1, 0.15) is 10.7 Å². The summed E-state index contributed by atoms with van der Waals surface area (Å²) in [5.74, 6) is -1.88. The van der Waals surface area contributed by atoms with Gasteiger partial charge in [0.05, 0.1) is 14.6 Å². The summed E-state index contributed by atoms with van der Waals surface area (Å²) in [7, 11) is -4.23. The summed E-state index contributed by atoms with van der Waals surface area (Å²) in [5.41, 5.74) is 1.74. The third-order valence-corrected chi connectivity index (χ3v) is 9.52. The zero-order valence-electron chi connectivity index (χ0n) is 15.7. The van der Waals surface area contributed by atoms with E-state index in [2.05, 4.69) is 36.8 Å². The predicted molar refractivity (Wildman–Crippen MR) is 125 cm³/mol. The second-order valence-corrected chi connectivity index (χ2v) is 11.5. The molecule has 1 saturated heterocycles. The molecule has 3 aromatic rings. The molecule has 0 aliphatic carbocycles.